The summed E-state index contributed by atoms with van der Waals surface area (Å²) < 4.78 is 1.73. The summed E-state index contributed by atoms with van der Waals surface area (Å²) in [4.78, 5) is 4.17. The predicted octanol–water partition coefficient (Wildman–Crippen LogP) is 3.27. The van der Waals surface area contributed by atoms with Gasteiger partial charge in [-0.15, -0.1) is 0 Å². The first-order valence-corrected chi connectivity index (χ1v) is 4.52. The standard InChI is InChI=1S/C9H6Cl2N2/c10-5-9(11)13-6-12-7-3-1-2-4-8(7)13/h1-6H. The van der Waals surface area contributed by atoms with Crippen molar-refractivity contribution in [3.8, 4) is 0 Å². The SMILES string of the molecule is ClC=C(Cl)n1cnc2ccccc21. The van der Waals surface area contributed by atoms with Crippen LogP contribution in [0.4, 0.5) is 0 Å². The Hall–Kier alpha value is -0.990. The van der Waals surface area contributed by atoms with Crippen molar-refractivity contribution in [3.63, 3.8) is 0 Å². The Kier molecular flexibility index (Phi) is 2.25. The second-order valence-corrected chi connectivity index (χ2v) is 3.14. The summed E-state index contributed by atoms with van der Waals surface area (Å²) >= 11 is 11.4. The van der Waals surface area contributed by atoms with E-state index >= 15 is 0 Å². The Bertz CT molecular complexity index is 459. The van der Waals surface area contributed by atoms with Gasteiger partial charge in [0, 0.05) is 5.54 Å². The Morgan fingerprint density at radius 1 is 1.38 bits per heavy atom. The molecule has 2 rings (SSSR count). The first-order valence-electron chi connectivity index (χ1n) is 3.71. The average Bonchev–Trinajstić information content (AvgIpc) is 2.60. The van der Waals surface area contributed by atoms with Gasteiger partial charge in [0.05, 0.1) is 11.0 Å². The molecule has 0 amide bonds. The van der Waals surface area contributed by atoms with E-state index in [1.54, 1.807) is 10.9 Å². The molecule has 1 aromatic carbocycles. The predicted molar refractivity (Wildman–Crippen MR) is 55.7 cm³/mol. The molecule has 0 N–H and O–H groups in total. The molecule has 2 nitrogen and oxygen atoms in total. The fourth-order valence-corrected chi connectivity index (χ4v) is 1.42. The Morgan fingerprint density at radius 2 is 2.15 bits per heavy atom. The molecule has 13 heavy (non-hydrogen) atoms. The zero-order chi connectivity index (χ0) is 9.26. The molecule has 0 saturated heterocycles. The molecule has 0 unspecified atom stereocenters. The molecule has 0 spiro atoms. The molecule has 0 radical (unpaired) electrons. The fraction of sp³-hybridized carbons (Fsp3) is 0. The van der Waals surface area contributed by atoms with E-state index in [0.29, 0.717) is 5.16 Å². The summed E-state index contributed by atoms with van der Waals surface area (Å²) in [5.41, 5.74) is 3.17. The van der Waals surface area contributed by atoms with E-state index in [1.165, 1.54) is 5.54 Å². The molecule has 1 aromatic heterocycles. The lowest BCUT2D eigenvalue weighted by atomic mass is 10.3. The second-order valence-electron chi connectivity index (χ2n) is 2.54. The van der Waals surface area contributed by atoms with Gasteiger partial charge in [-0.25, -0.2) is 4.98 Å². The topological polar surface area (TPSA) is 17.8 Å². The van der Waals surface area contributed by atoms with Crippen LogP contribution in [0.2, 0.25) is 0 Å². The summed E-state index contributed by atoms with van der Waals surface area (Å²) in [7, 11) is 0. The highest BCUT2D eigenvalue weighted by Crippen LogP contribution is 2.19. The molecule has 0 bridgehead atoms. The third kappa shape index (κ3) is 1.43. The largest absolute Gasteiger partial charge is 0.288 e. The maximum atomic E-state index is 5.86. The van der Waals surface area contributed by atoms with Crippen LogP contribution in [0, 0.1) is 0 Å². The van der Waals surface area contributed by atoms with Crippen LogP contribution in [0.25, 0.3) is 16.2 Å². The summed E-state index contributed by atoms with van der Waals surface area (Å²) in [5, 5.41) is 0.440. The normalized spacial score (nSPS) is 12.3. The van der Waals surface area contributed by atoms with Crippen LogP contribution in [0.1, 0.15) is 0 Å². The number of fused-ring (bicyclic) bond motifs is 1. The van der Waals surface area contributed by atoms with Crippen molar-refractivity contribution in [1.82, 2.24) is 9.55 Å². The van der Waals surface area contributed by atoms with Crippen molar-refractivity contribution in [2.45, 2.75) is 0 Å². The van der Waals surface area contributed by atoms with Gasteiger partial charge in [-0.3, -0.25) is 4.57 Å². The van der Waals surface area contributed by atoms with Crippen molar-refractivity contribution in [3.05, 3.63) is 36.1 Å². The van der Waals surface area contributed by atoms with Gasteiger partial charge in [0.1, 0.15) is 11.5 Å². The number of nitrogens with zero attached hydrogens (tertiary/aromatic N) is 2. The maximum Gasteiger partial charge on any atom is 0.126 e. The van der Waals surface area contributed by atoms with E-state index in [1.807, 2.05) is 24.3 Å². The first kappa shape index (κ1) is 8.60. The van der Waals surface area contributed by atoms with Crippen molar-refractivity contribution in [2.24, 2.45) is 0 Å². The molecule has 66 valence electrons. The minimum Gasteiger partial charge on any atom is -0.288 e. The zero-order valence-corrected chi connectivity index (χ0v) is 8.13. The Morgan fingerprint density at radius 3 is 2.92 bits per heavy atom. The van der Waals surface area contributed by atoms with E-state index in [-0.39, 0.29) is 0 Å². The van der Waals surface area contributed by atoms with Crippen LogP contribution in [-0.2, 0) is 0 Å². The monoisotopic (exact) mass is 212 g/mol. The summed E-state index contributed by atoms with van der Waals surface area (Å²) in [6, 6.07) is 7.71. The van der Waals surface area contributed by atoms with Crippen LogP contribution >= 0.6 is 23.2 Å². The third-order valence-corrected chi connectivity index (χ3v) is 2.38. The summed E-state index contributed by atoms with van der Waals surface area (Å²) in [5.74, 6) is 0. The highest BCUT2D eigenvalue weighted by molar-refractivity contribution is 6.50. The van der Waals surface area contributed by atoms with Crippen LogP contribution in [0.3, 0.4) is 0 Å². The molecule has 0 fully saturated rings. The quantitative estimate of drug-likeness (QED) is 0.710. The minimum absolute atomic E-state index is 0.440. The number of rotatable bonds is 1. The van der Waals surface area contributed by atoms with Gasteiger partial charge < -0.3 is 0 Å². The van der Waals surface area contributed by atoms with Gasteiger partial charge in [-0.2, -0.15) is 0 Å². The minimum atomic E-state index is 0.440. The van der Waals surface area contributed by atoms with Gasteiger partial charge in [-0.05, 0) is 12.1 Å². The molecule has 0 aliphatic carbocycles. The molecule has 4 heteroatoms. The molecular formula is C9H6Cl2N2. The smallest absolute Gasteiger partial charge is 0.126 e. The van der Waals surface area contributed by atoms with Gasteiger partial charge in [-0.1, -0.05) is 35.3 Å². The molecule has 1 heterocycles. The van der Waals surface area contributed by atoms with Crippen LogP contribution in [0.5, 0.6) is 0 Å². The van der Waals surface area contributed by atoms with E-state index in [9.17, 15) is 0 Å². The zero-order valence-electron chi connectivity index (χ0n) is 6.61. The molecule has 0 aliphatic heterocycles. The molecule has 0 atom stereocenters. The summed E-state index contributed by atoms with van der Waals surface area (Å²) in [6.07, 6.45) is 1.64. The van der Waals surface area contributed by atoms with Crippen LogP contribution in [0.15, 0.2) is 36.1 Å². The third-order valence-electron chi connectivity index (χ3n) is 1.77. The van der Waals surface area contributed by atoms with Gasteiger partial charge in [0.25, 0.3) is 0 Å². The lowest BCUT2D eigenvalue weighted by Crippen LogP contribution is -1.86. The highest BCUT2D eigenvalue weighted by Gasteiger charge is 2.02. The van der Waals surface area contributed by atoms with Crippen molar-refractivity contribution in [1.29, 1.82) is 0 Å². The number of aromatic nitrogens is 2. The van der Waals surface area contributed by atoms with E-state index in [4.69, 9.17) is 23.2 Å². The van der Waals surface area contributed by atoms with Gasteiger partial charge >= 0.3 is 0 Å². The van der Waals surface area contributed by atoms with E-state index in [0.717, 1.165) is 11.0 Å². The average molecular weight is 213 g/mol. The fourth-order valence-electron chi connectivity index (χ4n) is 1.18. The van der Waals surface area contributed by atoms with Gasteiger partial charge in [0.15, 0.2) is 0 Å². The van der Waals surface area contributed by atoms with Crippen molar-refractivity contribution < 1.29 is 0 Å². The number of hydrogen-bond acceptors (Lipinski definition) is 1. The van der Waals surface area contributed by atoms with E-state index in [2.05, 4.69) is 4.98 Å². The van der Waals surface area contributed by atoms with Crippen LogP contribution in [-0.4, -0.2) is 9.55 Å². The molecular weight excluding hydrogens is 207 g/mol. The van der Waals surface area contributed by atoms with E-state index < -0.39 is 0 Å². The second kappa shape index (κ2) is 3.40. The summed E-state index contributed by atoms with van der Waals surface area (Å²) in [6.45, 7) is 0. The number of para-hydroxylation sites is 2. The molecule has 0 saturated carbocycles. The molecule has 0 aliphatic rings. The van der Waals surface area contributed by atoms with Gasteiger partial charge in [0.2, 0.25) is 0 Å². The lowest BCUT2D eigenvalue weighted by molar-refractivity contribution is 1.16. The maximum absolute atomic E-state index is 5.86. The van der Waals surface area contributed by atoms with Crippen molar-refractivity contribution in [2.75, 3.05) is 0 Å². The number of benzene rings is 1. The van der Waals surface area contributed by atoms with Crippen LogP contribution < -0.4 is 0 Å². The van der Waals surface area contributed by atoms with Crippen molar-refractivity contribution >= 4 is 39.4 Å². The lowest BCUT2D eigenvalue weighted by Gasteiger charge is -1.98. The number of imidazole rings is 1. The number of halogens is 2. The highest BCUT2D eigenvalue weighted by atomic mass is 35.5. The first-order chi connectivity index (χ1) is 6.33. The molecule has 2 aromatic rings. The Labute approximate surface area is 85.4 Å². The Balaban J connectivity index is 2.71. The number of hydrogen-bond donors (Lipinski definition) is 0.